The Labute approximate surface area is 129 Å². The van der Waals surface area contributed by atoms with Gasteiger partial charge in [0, 0.05) is 23.6 Å². The van der Waals surface area contributed by atoms with Crippen molar-refractivity contribution in [2.45, 2.75) is 31.4 Å². The van der Waals surface area contributed by atoms with E-state index in [9.17, 15) is 5.11 Å². The van der Waals surface area contributed by atoms with Gasteiger partial charge in [-0.2, -0.15) is 0 Å². The molecule has 0 radical (unpaired) electrons. The predicted molar refractivity (Wildman–Crippen MR) is 84.8 cm³/mol. The summed E-state index contributed by atoms with van der Waals surface area (Å²) in [5, 5.41) is 10.4. The molecule has 2 unspecified atom stereocenters. The third-order valence-electron chi connectivity index (χ3n) is 4.57. The van der Waals surface area contributed by atoms with E-state index in [4.69, 9.17) is 0 Å². The van der Waals surface area contributed by atoms with Gasteiger partial charge >= 0.3 is 0 Å². The molecule has 1 aromatic carbocycles. The maximum atomic E-state index is 10.4. The maximum absolute atomic E-state index is 10.4. The number of nitrogens with zero attached hydrogens (tertiary/aromatic N) is 2. The number of aliphatic hydroxyl groups is 1. The van der Waals surface area contributed by atoms with Crippen molar-refractivity contribution in [3.05, 3.63) is 34.3 Å². The molecule has 0 bridgehead atoms. The molecular weight excluding hydrogens is 316 g/mol. The zero-order valence-corrected chi connectivity index (χ0v) is 13.4. The molecular formula is C16H23BrN2O. The summed E-state index contributed by atoms with van der Waals surface area (Å²) in [5.41, 5.74) is 1.00. The highest BCUT2D eigenvalue weighted by Crippen LogP contribution is 2.24. The van der Waals surface area contributed by atoms with E-state index in [-0.39, 0.29) is 6.10 Å². The van der Waals surface area contributed by atoms with E-state index in [0.29, 0.717) is 6.04 Å². The fourth-order valence-corrected chi connectivity index (χ4v) is 3.86. The Bertz CT molecular complexity index is 448. The van der Waals surface area contributed by atoms with Crippen LogP contribution in [0.1, 0.15) is 30.9 Å². The Balaban J connectivity index is 1.53. The maximum Gasteiger partial charge on any atom is 0.0917 e. The molecule has 0 aliphatic carbocycles. The number of benzene rings is 1. The summed E-state index contributed by atoms with van der Waals surface area (Å²) >= 11 is 3.47. The van der Waals surface area contributed by atoms with Crippen molar-refractivity contribution in [1.29, 1.82) is 0 Å². The number of β-amino-alcohol motifs (C(OH)–C–C–N with tert-alkyl or cyclic N) is 1. The second-order valence-electron chi connectivity index (χ2n) is 6.02. The van der Waals surface area contributed by atoms with Gasteiger partial charge in [-0.3, -0.25) is 9.80 Å². The SMILES string of the molecule is OC(CN1CCC(N2CCCC2)C1)c1cccc(Br)c1. The number of rotatable bonds is 4. The molecule has 2 aliphatic rings. The van der Waals surface area contributed by atoms with Gasteiger partial charge in [0.05, 0.1) is 6.10 Å². The van der Waals surface area contributed by atoms with Crippen LogP contribution < -0.4 is 0 Å². The fraction of sp³-hybridized carbons (Fsp3) is 0.625. The molecule has 3 rings (SSSR count). The van der Waals surface area contributed by atoms with Crippen molar-refractivity contribution in [2.75, 3.05) is 32.7 Å². The minimum absolute atomic E-state index is 0.384. The first-order valence-electron chi connectivity index (χ1n) is 7.62. The van der Waals surface area contributed by atoms with Gasteiger partial charge in [-0.15, -0.1) is 0 Å². The van der Waals surface area contributed by atoms with Crippen LogP contribution in [0, 0.1) is 0 Å². The topological polar surface area (TPSA) is 26.7 Å². The van der Waals surface area contributed by atoms with Crippen LogP contribution in [0.4, 0.5) is 0 Å². The van der Waals surface area contributed by atoms with E-state index in [1.165, 1.54) is 32.4 Å². The second-order valence-corrected chi connectivity index (χ2v) is 6.93. The molecule has 0 spiro atoms. The van der Waals surface area contributed by atoms with Crippen LogP contribution in [0.3, 0.4) is 0 Å². The molecule has 2 atom stereocenters. The van der Waals surface area contributed by atoms with Crippen LogP contribution in [-0.2, 0) is 0 Å². The number of likely N-dealkylation sites (tertiary alicyclic amines) is 2. The molecule has 2 heterocycles. The second kappa shape index (κ2) is 6.56. The van der Waals surface area contributed by atoms with Crippen molar-refractivity contribution in [2.24, 2.45) is 0 Å². The zero-order chi connectivity index (χ0) is 13.9. The molecule has 0 aromatic heterocycles. The van der Waals surface area contributed by atoms with E-state index < -0.39 is 0 Å². The van der Waals surface area contributed by atoms with Crippen LogP contribution in [0.25, 0.3) is 0 Å². The van der Waals surface area contributed by atoms with Gasteiger partial charge in [-0.1, -0.05) is 28.1 Å². The summed E-state index contributed by atoms with van der Waals surface area (Å²) in [7, 11) is 0. The van der Waals surface area contributed by atoms with Gasteiger partial charge in [0.25, 0.3) is 0 Å². The van der Waals surface area contributed by atoms with Gasteiger partial charge < -0.3 is 5.11 Å². The average Bonchev–Trinajstić information content (AvgIpc) is 3.08. The zero-order valence-electron chi connectivity index (χ0n) is 11.8. The first kappa shape index (κ1) is 14.5. The van der Waals surface area contributed by atoms with Crippen molar-refractivity contribution in [1.82, 2.24) is 9.80 Å². The Morgan fingerprint density at radius 2 is 2.05 bits per heavy atom. The Morgan fingerprint density at radius 3 is 2.80 bits per heavy atom. The lowest BCUT2D eigenvalue weighted by atomic mass is 10.1. The van der Waals surface area contributed by atoms with Gasteiger partial charge in [0.15, 0.2) is 0 Å². The lowest BCUT2D eigenvalue weighted by Crippen LogP contribution is -2.36. The highest BCUT2D eigenvalue weighted by molar-refractivity contribution is 9.10. The Hall–Kier alpha value is -0.420. The van der Waals surface area contributed by atoms with E-state index in [0.717, 1.165) is 29.7 Å². The standard InChI is InChI=1S/C16H23BrN2O/c17-14-5-3-4-13(10-14)16(20)12-18-9-6-15(11-18)19-7-1-2-8-19/h3-5,10,15-16,20H,1-2,6-9,11-12H2. The molecule has 20 heavy (non-hydrogen) atoms. The smallest absolute Gasteiger partial charge is 0.0917 e. The van der Waals surface area contributed by atoms with Gasteiger partial charge in [-0.05, 0) is 56.6 Å². The molecule has 2 fully saturated rings. The van der Waals surface area contributed by atoms with E-state index in [1.54, 1.807) is 0 Å². The molecule has 2 aliphatic heterocycles. The Kier molecular flexibility index (Phi) is 4.76. The van der Waals surface area contributed by atoms with Crippen LogP contribution >= 0.6 is 15.9 Å². The number of hydrogen-bond donors (Lipinski definition) is 1. The van der Waals surface area contributed by atoms with Gasteiger partial charge in [0.2, 0.25) is 0 Å². The molecule has 1 aromatic rings. The third-order valence-corrected chi connectivity index (χ3v) is 5.06. The van der Waals surface area contributed by atoms with Crippen molar-refractivity contribution in [3.63, 3.8) is 0 Å². The van der Waals surface area contributed by atoms with E-state index in [2.05, 4.69) is 25.7 Å². The molecule has 2 saturated heterocycles. The van der Waals surface area contributed by atoms with Crippen LogP contribution in [0.15, 0.2) is 28.7 Å². The minimum atomic E-state index is -0.384. The predicted octanol–water partition coefficient (Wildman–Crippen LogP) is 2.65. The summed E-state index contributed by atoms with van der Waals surface area (Å²) in [4.78, 5) is 5.04. The van der Waals surface area contributed by atoms with Crippen molar-refractivity contribution in [3.8, 4) is 0 Å². The van der Waals surface area contributed by atoms with Crippen LogP contribution in [0.2, 0.25) is 0 Å². The lowest BCUT2D eigenvalue weighted by molar-refractivity contribution is 0.120. The normalized spacial score (nSPS) is 26.2. The molecule has 0 amide bonds. The van der Waals surface area contributed by atoms with Crippen molar-refractivity contribution >= 4 is 15.9 Å². The summed E-state index contributed by atoms with van der Waals surface area (Å²) in [6.07, 6.45) is 3.59. The van der Waals surface area contributed by atoms with E-state index in [1.807, 2.05) is 24.3 Å². The Morgan fingerprint density at radius 1 is 1.25 bits per heavy atom. The third kappa shape index (κ3) is 3.42. The van der Waals surface area contributed by atoms with Crippen LogP contribution in [0.5, 0.6) is 0 Å². The highest BCUT2D eigenvalue weighted by Gasteiger charge is 2.30. The first-order chi connectivity index (χ1) is 9.72. The monoisotopic (exact) mass is 338 g/mol. The molecule has 4 heteroatoms. The number of aliphatic hydroxyl groups excluding tert-OH is 1. The quantitative estimate of drug-likeness (QED) is 0.914. The number of hydrogen-bond acceptors (Lipinski definition) is 3. The average molecular weight is 339 g/mol. The van der Waals surface area contributed by atoms with E-state index >= 15 is 0 Å². The molecule has 1 N–H and O–H groups in total. The van der Waals surface area contributed by atoms with Crippen molar-refractivity contribution < 1.29 is 5.11 Å². The van der Waals surface area contributed by atoms with Crippen LogP contribution in [-0.4, -0.2) is 53.7 Å². The van der Waals surface area contributed by atoms with Gasteiger partial charge in [-0.25, -0.2) is 0 Å². The fourth-order valence-electron chi connectivity index (χ4n) is 3.45. The summed E-state index contributed by atoms with van der Waals surface area (Å²) < 4.78 is 1.03. The first-order valence-corrected chi connectivity index (χ1v) is 8.41. The molecule has 3 nitrogen and oxygen atoms in total. The number of halogens is 1. The minimum Gasteiger partial charge on any atom is -0.387 e. The summed E-state index contributed by atoms with van der Waals surface area (Å²) in [5.74, 6) is 0. The summed E-state index contributed by atoms with van der Waals surface area (Å²) in [6.45, 7) is 5.53. The van der Waals surface area contributed by atoms with Gasteiger partial charge in [0.1, 0.15) is 0 Å². The molecule has 110 valence electrons. The lowest BCUT2D eigenvalue weighted by Gasteiger charge is -2.24. The summed E-state index contributed by atoms with van der Waals surface area (Å²) in [6, 6.07) is 8.71. The molecule has 0 saturated carbocycles. The largest absolute Gasteiger partial charge is 0.387 e. The highest BCUT2D eigenvalue weighted by atomic mass is 79.9.